The second kappa shape index (κ2) is 9.15. The van der Waals surface area contributed by atoms with E-state index in [1.54, 1.807) is 13.2 Å². The number of methoxy groups -OCH3 is 1. The third kappa shape index (κ3) is 4.91. The molecule has 0 atom stereocenters. The highest BCUT2D eigenvalue weighted by Gasteiger charge is 2.29. The van der Waals surface area contributed by atoms with Crippen LogP contribution in [0.25, 0.3) is 0 Å². The third-order valence-corrected chi connectivity index (χ3v) is 7.42. The zero-order valence-electron chi connectivity index (χ0n) is 16.5. The molecule has 8 heteroatoms. The Morgan fingerprint density at radius 1 is 1.21 bits per heavy atom. The van der Waals surface area contributed by atoms with Crippen LogP contribution in [0.4, 0.5) is 0 Å². The molecular formula is C21H25ClN2O4S. The zero-order chi connectivity index (χ0) is 21.0. The number of nitrogens with zero attached hydrogens (tertiary/aromatic N) is 1. The first-order chi connectivity index (χ1) is 13.8. The van der Waals surface area contributed by atoms with Gasteiger partial charge in [0.2, 0.25) is 10.0 Å². The average molecular weight is 437 g/mol. The van der Waals surface area contributed by atoms with Gasteiger partial charge >= 0.3 is 0 Å². The van der Waals surface area contributed by atoms with Gasteiger partial charge in [0.05, 0.1) is 22.6 Å². The second-order valence-electron chi connectivity index (χ2n) is 7.22. The second-order valence-corrected chi connectivity index (χ2v) is 9.57. The average Bonchev–Trinajstić information content (AvgIpc) is 2.72. The van der Waals surface area contributed by atoms with Gasteiger partial charge in [-0.2, -0.15) is 4.31 Å². The maximum atomic E-state index is 13.0. The van der Waals surface area contributed by atoms with Crippen LogP contribution in [-0.2, 0) is 16.6 Å². The minimum Gasteiger partial charge on any atom is -0.496 e. The van der Waals surface area contributed by atoms with Gasteiger partial charge in [-0.3, -0.25) is 4.79 Å². The van der Waals surface area contributed by atoms with Crippen molar-refractivity contribution < 1.29 is 17.9 Å². The lowest BCUT2D eigenvalue weighted by Gasteiger charge is -2.29. The minimum absolute atomic E-state index is 0.0823. The van der Waals surface area contributed by atoms with Gasteiger partial charge in [0.15, 0.2) is 0 Å². The number of hydrogen-bond acceptors (Lipinski definition) is 4. The largest absolute Gasteiger partial charge is 0.496 e. The van der Waals surface area contributed by atoms with Crippen molar-refractivity contribution in [3.8, 4) is 5.75 Å². The molecule has 1 heterocycles. The summed E-state index contributed by atoms with van der Waals surface area (Å²) in [4.78, 5) is 12.8. The summed E-state index contributed by atoms with van der Waals surface area (Å²) in [6.07, 6.45) is 1.66. The number of rotatable bonds is 6. The van der Waals surface area contributed by atoms with Gasteiger partial charge in [0.25, 0.3) is 5.91 Å². The van der Waals surface area contributed by atoms with Crippen LogP contribution < -0.4 is 10.1 Å². The van der Waals surface area contributed by atoms with E-state index in [4.69, 9.17) is 16.3 Å². The van der Waals surface area contributed by atoms with Gasteiger partial charge in [0, 0.05) is 25.2 Å². The molecule has 1 aliphatic rings. The highest BCUT2D eigenvalue weighted by Crippen LogP contribution is 2.27. The van der Waals surface area contributed by atoms with Crippen LogP contribution in [0.15, 0.2) is 47.4 Å². The van der Waals surface area contributed by atoms with E-state index in [2.05, 4.69) is 12.2 Å². The minimum atomic E-state index is -3.66. The van der Waals surface area contributed by atoms with Crippen molar-refractivity contribution in [2.24, 2.45) is 5.92 Å². The van der Waals surface area contributed by atoms with Crippen molar-refractivity contribution in [3.63, 3.8) is 0 Å². The number of ether oxygens (including phenoxy) is 1. The molecule has 2 aromatic carbocycles. The molecule has 1 aliphatic heterocycles. The molecule has 1 N–H and O–H groups in total. The zero-order valence-corrected chi connectivity index (χ0v) is 18.1. The van der Waals surface area contributed by atoms with Crippen molar-refractivity contribution in [3.05, 3.63) is 58.6 Å². The van der Waals surface area contributed by atoms with Crippen LogP contribution in [-0.4, -0.2) is 38.8 Å². The van der Waals surface area contributed by atoms with Gasteiger partial charge in [-0.1, -0.05) is 36.7 Å². The molecule has 6 nitrogen and oxygen atoms in total. The Bertz CT molecular complexity index is 986. The molecule has 1 fully saturated rings. The number of nitrogens with one attached hydrogen (secondary N) is 1. The summed E-state index contributed by atoms with van der Waals surface area (Å²) in [5.74, 6) is 0.739. The summed E-state index contributed by atoms with van der Waals surface area (Å²) >= 11 is 6.19. The van der Waals surface area contributed by atoms with Gasteiger partial charge < -0.3 is 10.1 Å². The Kier molecular flexibility index (Phi) is 6.82. The maximum Gasteiger partial charge on any atom is 0.253 e. The molecular weight excluding hydrogens is 412 g/mol. The van der Waals surface area contributed by atoms with Crippen molar-refractivity contribution in [1.82, 2.24) is 9.62 Å². The fraction of sp³-hybridized carbons (Fsp3) is 0.381. The first kappa shape index (κ1) is 21.6. The quantitative estimate of drug-likeness (QED) is 0.749. The molecule has 0 bridgehead atoms. The first-order valence-corrected chi connectivity index (χ1v) is 11.3. The maximum absolute atomic E-state index is 13.0. The monoisotopic (exact) mass is 436 g/mol. The Morgan fingerprint density at radius 2 is 1.90 bits per heavy atom. The fourth-order valence-corrected chi connectivity index (χ4v) is 5.03. The van der Waals surface area contributed by atoms with Crippen LogP contribution in [0.3, 0.4) is 0 Å². The van der Waals surface area contributed by atoms with E-state index in [-0.39, 0.29) is 22.0 Å². The van der Waals surface area contributed by atoms with Crippen molar-refractivity contribution in [2.75, 3.05) is 20.2 Å². The summed E-state index contributed by atoms with van der Waals surface area (Å²) in [5, 5.41) is 2.99. The third-order valence-electron chi connectivity index (χ3n) is 5.19. The van der Waals surface area contributed by atoms with E-state index in [1.165, 1.54) is 22.5 Å². The predicted octanol–water partition coefficient (Wildman–Crippen LogP) is 3.70. The lowest BCUT2D eigenvalue weighted by Crippen LogP contribution is -2.38. The van der Waals surface area contributed by atoms with Crippen LogP contribution in [0.1, 0.15) is 35.7 Å². The van der Waals surface area contributed by atoms with E-state index < -0.39 is 15.9 Å². The molecule has 0 radical (unpaired) electrons. The first-order valence-electron chi connectivity index (χ1n) is 9.52. The Hall–Kier alpha value is -2.09. The van der Waals surface area contributed by atoms with Gasteiger partial charge in [-0.05, 0) is 43.0 Å². The van der Waals surface area contributed by atoms with Crippen LogP contribution in [0, 0.1) is 5.92 Å². The van der Waals surface area contributed by atoms with E-state index in [9.17, 15) is 13.2 Å². The van der Waals surface area contributed by atoms with Crippen LogP contribution in [0.2, 0.25) is 5.02 Å². The summed E-state index contributed by atoms with van der Waals surface area (Å²) in [7, 11) is -2.10. The molecule has 0 aromatic heterocycles. The number of carbonyl (C=O) groups is 1. The lowest BCUT2D eigenvalue weighted by molar-refractivity contribution is 0.0950. The SMILES string of the molecule is COc1ccccc1CNC(=O)c1cc(S(=O)(=O)N2CCC(C)CC2)ccc1Cl. The Balaban J connectivity index is 1.78. The number of benzene rings is 2. The van der Waals surface area contributed by atoms with E-state index >= 15 is 0 Å². The van der Waals surface area contributed by atoms with Gasteiger partial charge in [-0.15, -0.1) is 0 Å². The van der Waals surface area contributed by atoms with Crippen molar-refractivity contribution >= 4 is 27.5 Å². The number of carbonyl (C=O) groups excluding carboxylic acids is 1. The number of hydrogen-bond donors (Lipinski definition) is 1. The molecule has 0 unspecified atom stereocenters. The molecule has 29 heavy (non-hydrogen) atoms. The fourth-order valence-electron chi connectivity index (χ4n) is 3.33. The molecule has 0 aliphatic carbocycles. The summed E-state index contributed by atoms with van der Waals surface area (Å²) < 4.78 is 32.7. The standard InChI is InChI=1S/C21H25ClN2O4S/c1-15-9-11-24(12-10-15)29(26,27)17-7-8-19(22)18(13-17)21(25)23-14-16-5-3-4-6-20(16)28-2/h3-8,13,15H,9-12,14H2,1-2H3,(H,23,25). The number of amides is 1. The summed E-state index contributed by atoms with van der Waals surface area (Å²) in [5.41, 5.74) is 0.943. The Labute approximate surface area is 176 Å². The molecule has 0 saturated carbocycles. The highest BCUT2D eigenvalue weighted by atomic mass is 35.5. The molecule has 156 valence electrons. The molecule has 2 aromatic rings. The number of para-hydroxylation sites is 1. The highest BCUT2D eigenvalue weighted by molar-refractivity contribution is 7.89. The molecule has 1 saturated heterocycles. The van der Waals surface area contributed by atoms with Gasteiger partial charge in [-0.25, -0.2) is 8.42 Å². The topological polar surface area (TPSA) is 75.7 Å². The van der Waals surface area contributed by atoms with E-state index in [0.29, 0.717) is 24.8 Å². The smallest absolute Gasteiger partial charge is 0.253 e. The predicted molar refractivity (Wildman–Crippen MR) is 113 cm³/mol. The number of sulfonamides is 1. The number of halogens is 1. The summed E-state index contributed by atoms with van der Waals surface area (Å²) in [6, 6.07) is 11.6. The van der Waals surface area contributed by atoms with E-state index in [1.807, 2.05) is 18.2 Å². The van der Waals surface area contributed by atoms with Crippen LogP contribution in [0.5, 0.6) is 5.75 Å². The lowest BCUT2D eigenvalue weighted by atomic mass is 10.0. The molecule has 1 amide bonds. The van der Waals surface area contributed by atoms with Gasteiger partial charge in [0.1, 0.15) is 5.75 Å². The van der Waals surface area contributed by atoms with Crippen molar-refractivity contribution in [2.45, 2.75) is 31.2 Å². The number of piperidine rings is 1. The Morgan fingerprint density at radius 3 is 2.59 bits per heavy atom. The molecule has 3 rings (SSSR count). The molecule has 0 spiro atoms. The summed E-state index contributed by atoms with van der Waals surface area (Å²) in [6.45, 7) is 3.33. The normalized spacial score (nSPS) is 15.8. The van der Waals surface area contributed by atoms with E-state index in [0.717, 1.165) is 18.4 Å². The van der Waals surface area contributed by atoms with Crippen molar-refractivity contribution in [1.29, 1.82) is 0 Å². The van der Waals surface area contributed by atoms with Crippen LogP contribution >= 0.6 is 11.6 Å².